The predicted octanol–water partition coefficient (Wildman–Crippen LogP) is 3.41. The van der Waals surface area contributed by atoms with Crippen LogP contribution in [0.3, 0.4) is 0 Å². The van der Waals surface area contributed by atoms with Gasteiger partial charge in [0.1, 0.15) is 5.75 Å². The van der Waals surface area contributed by atoms with Crippen molar-refractivity contribution in [3.05, 3.63) is 36.0 Å². The van der Waals surface area contributed by atoms with Gasteiger partial charge in [-0.3, -0.25) is 4.79 Å². The van der Waals surface area contributed by atoms with Crippen molar-refractivity contribution in [1.82, 2.24) is 10.5 Å². The number of amides is 1. The van der Waals surface area contributed by atoms with Gasteiger partial charge in [0.2, 0.25) is 0 Å². The highest BCUT2D eigenvalue weighted by atomic mass is 16.5. The smallest absolute Gasteiger partial charge is 0.273 e. The topological polar surface area (TPSA) is 64.4 Å². The van der Waals surface area contributed by atoms with E-state index in [4.69, 9.17) is 9.26 Å². The van der Waals surface area contributed by atoms with Crippen LogP contribution in [0.5, 0.6) is 5.75 Å². The third-order valence-corrected chi connectivity index (χ3v) is 4.06. The molecule has 1 N–H and O–H groups in total. The number of carbonyl (C=O) groups excluding carboxylic acids is 1. The fourth-order valence-electron chi connectivity index (χ4n) is 2.86. The third kappa shape index (κ3) is 3.13. The van der Waals surface area contributed by atoms with Crippen molar-refractivity contribution in [3.8, 4) is 17.1 Å². The molecule has 22 heavy (non-hydrogen) atoms. The monoisotopic (exact) mass is 300 g/mol. The zero-order valence-electron chi connectivity index (χ0n) is 12.7. The maximum absolute atomic E-state index is 12.2. The zero-order chi connectivity index (χ0) is 15.4. The molecule has 1 saturated carbocycles. The number of benzene rings is 1. The van der Waals surface area contributed by atoms with E-state index in [1.165, 1.54) is 19.3 Å². The summed E-state index contributed by atoms with van der Waals surface area (Å²) in [5.41, 5.74) is 1.10. The maximum atomic E-state index is 12.2. The van der Waals surface area contributed by atoms with Gasteiger partial charge in [-0.2, -0.15) is 0 Å². The molecule has 0 atom stereocenters. The average Bonchev–Trinajstić information content (AvgIpc) is 3.05. The van der Waals surface area contributed by atoms with Crippen molar-refractivity contribution in [2.24, 2.45) is 0 Å². The molecule has 1 aromatic heterocycles. The van der Waals surface area contributed by atoms with Gasteiger partial charge in [-0.1, -0.05) is 36.6 Å². The fourth-order valence-corrected chi connectivity index (χ4v) is 2.86. The molecule has 2 aromatic rings. The van der Waals surface area contributed by atoms with Crippen molar-refractivity contribution in [1.29, 1.82) is 0 Å². The molecule has 0 unspecified atom stereocenters. The number of carbonyl (C=O) groups is 1. The predicted molar refractivity (Wildman–Crippen MR) is 82.8 cm³/mol. The lowest BCUT2D eigenvalue weighted by atomic mass is 9.95. The lowest BCUT2D eigenvalue weighted by Gasteiger charge is -2.22. The highest BCUT2D eigenvalue weighted by molar-refractivity contribution is 5.93. The molecule has 5 heteroatoms. The van der Waals surface area contributed by atoms with E-state index in [9.17, 15) is 4.79 Å². The Kier molecular flexibility index (Phi) is 4.42. The first-order valence-electron chi connectivity index (χ1n) is 7.69. The molecule has 5 nitrogen and oxygen atoms in total. The molecule has 0 aliphatic heterocycles. The summed E-state index contributed by atoms with van der Waals surface area (Å²) in [5.74, 6) is 1.06. The minimum absolute atomic E-state index is 0.170. The Labute approximate surface area is 129 Å². The van der Waals surface area contributed by atoms with Crippen molar-refractivity contribution >= 4 is 5.91 Å². The van der Waals surface area contributed by atoms with Crippen LogP contribution in [-0.2, 0) is 0 Å². The first kappa shape index (κ1) is 14.6. The molecular formula is C17H20N2O3. The molecule has 1 heterocycles. The van der Waals surface area contributed by atoms with E-state index in [-0.39, 0.29) is 11.9 Å². The molecule has 0 radical (unpaired) electrons. The van der Waals surface area contributed by atoms with Gasteiger partial charge < -0.3 is 14.6 Å². The zero-order valence-corrected chi connectivity index (χ0v) is 12.7. The number of nitrogens with one attached hydrogen (secondary N) is 1. The van der Waals surface area contributed by atoms with Gasteiger partial charge in [-0.15, -0.1) is 0 Å². The minimum Gasteiger partial charge on any atom is -0.496 e. The van der Waals surface area contributed by atoms with Gasteiger partial charge >= 0.3 is 0 Å². The van der Waals surface area contributed by atoms with Gasteiger partial charge in [-0.05, 0) is 25.0 Å². The maximum Gasteiger partial charge on any atom is 0.273 e. The molecule has 0 spiro atoms. The number of para-hydroxylation sites is 1. The second-order valence-corrected chi connectivity index (χ2v) is 5.59. The van der Waals surface area contributed by atoms with E-state index >= 15 is 0 Å². The van der Waals surface area contributed by atoms with Gasteiger partial charge in [-0.25, -0.2) is 0 Å². The summed E-state index contributed by atoms with van der Waals surface area (Å²) in [6.45, 7) is 0. The SMILES string of the molecule is COc1ccccc1-c1cc(C(=O)NC2CCCCC2)no1. The van der Waals surface area contributed by atoms with E-state index in [0.29, 0.717) is 17.2 Å². The highest BCUT2D eigenvalue weighted by Crippen LogP contribution is 2.30. The molecular weight excluding hydrogens is 280 g/mol. The van der Waals surface area contributed by atoms with Crippen LogP contribution in [0.4, 0.5) is 0 Å². The average molecular weight is 300 g/mol. The largest absolute Gasteiger partial charge is 0.496 e. The van der Waals surface area contributed by atoms with Crippen molar-refractivity contribution in [3.63, 3.8) is 0 Å². The fraction of sp³-hybridized carbons (Fsp3) is 0.412. The Bertz CT molecular complexity index is 645. The van der Waals surface area contributed by atoms with E-state index in [1.54, 1.807) is 13.2 Å². The molecule has 1 fully saturated rings. The Morgan fingerprint density at radius 2 is 2.05 bits per heavy atom. The van der Waals surface area contributed by atoms with Crippen LogP contribution in [0.15, 0.2) is 34.9 Å². The van der Waals surface area contributed by atoms with Crippen LogP contribution in [0, 0.1) is 0 Å². The summed E-state index contributed by atoms with van der Waals surface area (Å²) in [5, 5.41) is 6.93. The summed E-state index contributed by atoms with van der Waals surface area (Å²) in [7, 11) is 1.60. The van der Waals surface area contributed by atoms with Crippen LogP contribution >= 0.6 is 0 Å². The van der Waals surface area contributed by atoms with Crippen molar-refractivity contribution < 1.29 is 14.1 Å². The number of methoxy groups -OCH3 is 1. The van der Waals surface area contributed by atoms with Crippen LogP contribution in [-0.4, -0.2) is 24.2 Å². The van der Waals surface area contributed by atoms with Crippen molar-refractivity contribution in [2.75, 3.05) is 7.11 Å². The van der Waals surface area contributed by atoms with E-state index < -0.39 is 0 Å². The molecule has 0 bridgehead atoms. The molecule has 0 saturated heterocycles. The molecule has 1 amide bonds. The summed E-state index contributed by atoms with van der Waals surface area (Å²) < 4.78 is 10.6. The Hall–Kier alpha value is -2.30. The lowest BCUT2D eigenvalue weighted by molar-refractivity contribution is 0.0918. The van der Waals surface area contributed by atoms with E-state index in [0.717, 1.165) is 18.4 Å². The van der Waals surface area contributed by atoms with Crippen LogP contribution in [0.2, 0.25) is 0 Å². The summed E-state index contributed by atoms with van der Waals surface area (Å²) >= 11 is 0. The van der Waals surface area contributed by atoms with Crippen molar-refractivity contribution in [2.45, 2.75) is 38.1 Å². The normalized spacial score (nSPS) is 15.5. The summed E-state index contributed by atoms with van der Waals surface area (Å²) in [6.07, 6.45) is 5.70. The quantitative estimate of drug-likeness (QED) is 0.939. The van der Waals surface area contributed by atoms with Crippen LogP contribution in [0.25, 0.3) is 11.3 Å². The Morgan fingerprint density at radius 3 is 2.82 bits per heavy atom. The molecule has 1 aromatic carbocycles. The molecule has 3 rings (SSSR count). The van der Waals surface area contributed by atoms with Crippen LogP contribution in [0.1, 0.15) is 42.6 Å². The number of rotatable bonds is 4. The number of hydrogen-bond acceptors (Lipinski definition) is 4. The molecule has 1 aliphatic rings. The minimum atomic E-state index is -0.170. The second-order valence-electron chi connectivity index (χ2n) is 5.59. The number of aromatic nitrogens is 1. The number of nitrogens with zero attached hydrogens (tertiary/aromatic N) is 1. The van der Waals surface area contributed by atoms with Gasteiger partial charge in [0, 0.05) is 12.1 Å². The first-order chi connectivity index (χ1) is 10.8. The highest BCUT2D eigenvalue weighted by Gasteiger charge is 2.20. The van der Waals surface area contributed by atoms with Gasteiger partial charge in [0.25, 0.3) is 5.91 Å². The Morgan fingerprint density at radius 1 is 1.27 bits per heavy atom. The number of hydrogen-bond donors (Lipinski definition) is 1. The summed E-state index contributed by atoms with van der Waals surface area (Å²) in [6, 6.07) is 9.42. The van der Waals surface area contributed by atoms with Gasteiger partial charge in [0.05, 0.1) is 12.7 Å². The standard InChI is InChI=1S/C17H20N2O3/c1-21-15-10-6-5-9-13(15)16-11-14(19-22-16)17(20)18-12-7-3-2-4-8-12/h5-6,9-12H,2-4,7-8H2,1H3,(H,18,20). The molecule has 1 aliphatic carbocycles. The van der Waals surface area contributed by atoms with Gasteiger partial charge in [0.15, 0.2) is 11.5 Å². The second kappa shape index (κ2) is 6.64. The Balaban J connectivity index is 1.74. The first-order valence-corrected chi connectivity index (χ1v) is 7.69. The lowest BCUT2D eigenvalue weighted by Crippen LogP contribution is -2.36. The third-order valence-electron chi connectivity index (χ3n) is 4.06. The number of ether oxygens (including phenoxy) is 1. The molecule has 116 valence electrons. The van der Waals surface area contributed by atoms with E-state index in [2.05, 4.69) is 10.5 Å². The van der Waals surface area contributed by atoms with Crippen LogP contribution < -0.4 is 10.1 Å². The van der Waals surface area contributed by atoms with E-state index in [1.807, 2.05) is 24.3 Å². The summed E-state index contributed by atoms with van der Waals surface area (Å²) in [4.78, 5) is 12.2.